The number of hydrogen-bond donors (Lipinski definition) is 2. The number of carbonyl (C=O) groups excluding carboxylic acids is 1. The van der Waals surface area contributed by atoms with Gasteiger partial charge in [-0.1, -0.05) is 6.07 Å². The average molecular weight is 251 g/mol. The summed E-state index contributed by atoms with van der Waals surface area (Å²) in [6.07, 6.45) is 2.81. The lowest BCUT2D eigenvalue weighted by Crippen LogP contribution is -2.39. The van der Waals surface area contributed by atoms with Crippen LogP contribution in [0.2, 0.25) is 0 Å². The van der Waals surface area contributed by atoms with Crippen LogP contribution < -0.4 is 11.1 Å². The molecular weight excluding hydrogens is 234 g/mol. The van der Waals surface area contributed by atoms with Gasteiger partial charge >= 0.3 is 0 Å². The van der Waals surface area contributed by atoms with Crippen LogP contribution >= 0.6 is 11.9 Å². The molecule has 1 aromatic carbocycles. The molecule has 0 bridgehead atoms. The van der Waals surface area contributed by atoms with Crippen LogP contribution in [0.5, 0.6) is 0 Å². The van der Waals surface area contributed by atoms with E-state index in [9.17, 15) is 4.79 Å². The zero-order valence-corrected chi connectivity index (χ0v) is 10.5. The fraction of sp³-hybridized carbons (Fsp3) is 0.417. The number of amides is 1. The van der Waals surface area contributed by atoms with E-state index >= 15 is 0 Å². The van der Waals surface area contributed by atoms with E-state index in [1.807, 2.05) is 18.2 Å². The Kier molecular flexibility index (Phi) is 4.28. The molecule has 1 amide bonds. The highest BCUT2D eigenvalue weighted by molar-refractivity contribution is 7.97. The van der Waals surface area contributed by atoms with E-state index in [1.54, 1.807) is 11.9 Å². The first-order valence-electron chi connectivity index (χ1n) is 5.76. The Labute approximate surface area is 106 Å². The second kappa shape index (κ2) is 5.93. The van der Waals surface area contributed by atoms with Crippen LogP contribution in [0.15, 0.2) is 29.2 Å². The van der Waals surface area contributed by atoms with Crippen LogP contribution in [0.1, 0.15) is 12.8 Å². The van der Waals surface area contributed by atoms with Gasteiger partial charge in [0.2, 0.25) is 6.41 Å². The first-order chi connectivity index (χ1) is 8.28. The fourth-order valence-corrected chi connectivity index (χ4v) is 2.95. The number of piperidine rings is 1. The fourth-order valence-electron chi connectivity index (χ4n) is 1.93. The molecule has 0 saturated carbocycles. The molecule has 1 heterocycles. The van der Waals surface area contributed by atoms with Crippen LogP contribution in [-0.2, 0) is 4.79 Å². The van der Waals surface area contributed by atoms with Crippen molar-refractivity contribution in [2.45, 2.75) is 23.8 Å². The molecule has 0 aliphatic carbocycles. The summed E-state index contributed by atoms with van der Waals surface area (Å²) in [4.78, 5) is 11.5. The summed E-state index contributed by atoms with van der Waals surface area (Å²) >= 11 is 1.74. The number of rotatable bonds is 4. The molecule has 4 nitrogen and oxygen atoms in total. The summed E-state index contributed by atoms with van der Waals surface area (Å²) in [5.74, 6) is 0. The maximum atomic E-state index is 10.3. The molecule has 0 aromatic heterocycles. The van der Waals surface area contributed by atoms with Crippen molar-refractivity contribution >= 4 is 24.0 Å². The van der Waals surface area contributed by atoms with E-state index in [-0.39, 0.29) is 0 Å². The molecule has 0 spiro atoms. The highest BCUT2D eigenvalue weighted by Gasteiger charge is 2.19. The van der Waals surface area contributed by atoms with Crippen LogP contribution in [0, 0.1) is 0 Å². The number of hydrogen-bond acceptors (Lipinski definition) is 4. The number of nitrogens with one attached hydrogen (secondary N) is 1. The number of anilines is 1. The molecule has 1 aliphatic heterocycles. The van der Waals surface area contributed by atoms with Crippen LogP contribution in [0.4, 0.5) is 5.69 Å². The van der Waals surface area contributed by atoms with Crippen molar-refractivity contribution < 1.29 is 4.79 Å². The molecular formula is C12H17N3OS. The zero-order valence-electron chi connectivity index (χ0n) is 9.63. The molecule has 92 valence electrons. The monoisotopic (exact) mass is 251 g/mol. The molecule has 17 heavy (non-hydrogen) atoms. The molecule has 2 rings (SSSR count). The average Bonchev–Trinajstić information content (AvgIpc) is 2.32. The third kappa shape index (κ3) is 3.64. The minimum atomic E-state index is 0.338. The van der Waals surface area contributed by atoms with Crippen molar-refractivity contribution in [2.75, 3.05) is 18.8 Å². The SMILES string of the molecule is Nc1cccc(SN2CCC(NC=O)CC2)c1. The van der Waals surface area contributed by atoms with E-state index in [4.69, 9.17) is 5.73 Å². The standard InChI is InChI=1S/C12H17N3OS/c13-10-2-1-3-12(8-10)17-15-6-4-11(5-7-15)14-9-16/h1-3,8-9,11H,4-7,13H2,(H,14,16). The Morgan fingerprint density at radius 3 is 2.82 bits per heavy atom. The number of nitrogens with two attached hydrogens (primary N) is 1. The maximum Gasteiger partial charge on any atom is 0.207 e. The Balaban J connectivity index is 1.83. The van der Waals surface area contributed by atoms with Gasteiger partial charge in [-0.15, -0.1) is 0 Å². The number of benzene rings is 1. The third-order valence-electron chi connectivity index (χ3n) is 2.85. The van der Waals surface area contributed by atoms with Gasteiger partial charge in [-0.3, -0.25) is 4.79 Å². The van der Waals surface area contributed by atoms with Gasteiger partial charge in [-0.2, -0.15) is 0 Å². The lowest BCUT2D eigenvalue weighted by atomic mass is 10.1. The van der Waals surface area contributed by atoms with Crippen molar-refractivity contribution in [3.63, 3.8) is 0 Å². The summed E-state index contributed by atoms with van der Waals surface area (Å²) < 4.78 is 2.32. The Hall–Kier alpha value is -1.20. The van der Waals surface area contributed by atoms with Gasteiger partial charge in [-0.25, -0.2) is 4.31 Å². The number of carbonyl (C=O) groups is 1. The summed E-state index contributed by atoms with van der Waals surface area (Å²) in [5, 5.41) is 2.84. The van der Waals surface area contributed by atoms with Crippen molar-refractivity contribution in [1.82, 2.24) is 9.62 Å². The normalized spacial score (nSPS) is 17.9. The smallest absolute Gasteiger partial charge is 0.207 e. The lowest BCUT2D eigenvalue weighted by molar-refractivity contribution is -0.110. The molecule has 0 unspecified atom stereocenters. The summed E-state index contributed by atoms with van der Waals surface area (Å²) in [6.45, 7) is 1.98. The molecule has 1 aromatic rings. The quantitative estimate of drug-likeness (QED) is 0.483. The van der Waals surface area contributed by atoms with Crippen molar-refractivity contribution in [3.05, 3.63) is 24.3 Å². The van der Waals surface area contributed by atoms with E-state index in [0.717, 1.165) is 38.0 Å². The molecule has 3 N–H and O–H groups in total. The van der Waals surface area contributed by atoms with Gasteiger partial charge in [0.25, 0.3) is 0 Å². The predicted molar refractivity (Wildman–Crippen MR) is 70.5 cm³/mol. The predicted octanol–water partition coefficient (Wildman–Crippen LogP) is 1.49. The highest BCUT2D eigenvalue weighted by atomic mass is 32.2. The first-order valence-corrected chi connectivity index (χ1v) is 6.53. The van der Waals surface area contributed by atoms with Gasteiger partial charge in [-0.05, 0) is 43.0 Å². The second-order valence-electron chi connectivity index (χ2n) is 4.15. The summed E-state index contributed by atoms with van der Waals surface area (Å²) in [6, 6.07) is 8.25. The van der Waals surface area contributed by atoms with Gasteiger partial charge in [0, 0.05) is 29.7 Å². The molecule has 0 atom stereocenters. The minimum Gasteiger partial charge on any atom is -0.399 e. The lowest BCUT2D eigenvalue weighted by Gasteiger charge is -2.30. The largest absolute Gasteiger partial charge is 0.399 e. The van der Waals surface area contributed by atoms with Crippen molar-refractivity contribution in [1.29, 1.82) is 0 Å². The van der Waals surface area contributed by atoms with Crippen molar-refractivity contribution in [3.8, 4) is 0 Å². The third-order valence-corrected chi connectivity index (χ3v) is 3.94. The maximum absolute atomic E-state index is 10.3. The Morgan fingerprint density at radius 2 is 2.18 bits per heavy atom. The van der Waals surface area contributed by atoms with E-state index in [0.29, 0.717) is 6.04 Å². The van der Waals surface area contributed by atoms with Crippen LogP contribution in [-0.4, -0.2) is 29.8 Å². The summed E-state index contributed by atoms with van der Waals surface area (Å²) in [5.41, 5.74) is 6.54. The number of nitrogens with zero attached hydrogens (tertiary/aromatic N) is 1. The minimum absolute atomic E-state index is 0.338. The van der Waals surface area contributed by atoms with Gasteiger partial charge in [0.05, 0.1) is 0 Å². The molecule has 0 radical (unpaired) electrons. The van der Waals surface area contributed by atoms with Gasteiger partial charge in [0.15, 0.2) is 0 Å². The first kappa shape index (κ1) is 12.3. The second-order valence-corrected chi connectivity index (χ2v) is 5.32. The van der Waals surface area contributed by atoms with Gasteiger partial charge < -0.3 is 11.1 Å². The molecule has 1 fully saturated rings. The number of nitrogen functional groups attached to an aromatic ring is 1. The highest BCUT2D eigenvalue weighted by Crippen LogP contribution is 2.27. The van der Waals surface area contributed by atoms with Crippen LogP contribution in [0.25, 0.3) is 0 Å². The van der Waals surface area contributed by atoms with Crippen molar-refractivity contribution in [2.24, 2.45) is 0 Å². The van der Waals surface area contributed by atoms with E-state index in [2.05, 4.69) is 15.7 Å². The van der Waals surface area contributed by atoms with Crippen LogP contribution in [0.3, 0.4) is 0 Å². The topological polar surface area (TPSA) is 58.4 Å². The van der Waals surface area contributed by atoms with E-state index in [1.165, 1.54) is 4.90 Å². The Bertz CT molecular complexity index is 378. The zero-order chi connectivity index (χ0) is 12.1. The van der Waals surface area contributed by atoms with Gasteiger partial charge in [0.1, 0.15) is 0 Å². The molecule has 5 heteroatoms. The summed E-state index contributed by atoms with van der Waals surface area (Å²) in [7, 11) is 0. The molecule has 1 aliphatic rings. The molecule has 1 saturated heterocycles. The van der Waals surface area contributed by atoms with E-state index < -0.39 is 0 Å². The Morgan fingerprint density at radius 1 is 1.41 bits per heavy atom.